The molecular formula is C18H25N3O5. The Morgan fingerprint density at radius 2 is 1.77 bits per heavy atom. The van der Waals surface area contributed by atoms with Crippen LogP contribution in [0.5, 0.6) is 11.5 Å². The van der Waals surface area contributed by atoms with Gasteiger partial charge in [-0.05, 0) is 44.8 Å². The maximum atomic E-state index is 12.5. The Morgan fingerprint density at radius 3 is 2.38 bits per heavy atom. The van der Waals surface area contributed by atoms with Gasteiger partial charge in [0.05, 0.1) is 11.5 Å². The lowest BCUT2D eigenvalue weighted by atomic mass is 9.99. The second-order valence-electron chi connectivity index (χ2n) is 7.15. The molecule has 2 saturated heterocycles. The molecule has 0 spiro atoms. The summed E-state index contributed by atoms with van der Waals surface area (Å²) in [6, 6.07) is 2.70. The van der Waals surface area contributed by atoms with Gasteiger partial charge in [0, 0.05) is 30.8 Å². The van der Waals surface area contributed by atoms with E-state index in [-0.39, 0.29) is 17.9 Å². The van der Waals surface area contributed by atoms with Crippen LogP contribution < -0.4 is 0 Å². The average Bonchev–Trinajstić information content (AvgIpc) is 2.65. The molecule has 3 rings (SSSR count). The van der Waals surface area contributed by atoms with Crippen LogP contribution in [-0.2, 0) is 0 Å². The zero-order chi connectivity index (χ0) is 18.7. The van der Waals surface area contributed by atoms with E-state index < -0.39 is 22.1 Å². The summed E-state index contributed by atoms with van der Waals surface area (Å²) in [5, 5.41) is 30.1. The molecule has 142 valence electrons. The zero-order valence-electron chi connectivity index (χ0n) is 14.8. The fraction of sp³-hybridized carbons (Fsp3) is 0.611. The largest absolute Gasteiger partial charge is 0.504 e. The third kappa shape index (κ3) is 4.13. The molecule has 0 bridgehead atoms. The highest BCUT2D eigenvalue weighted by Crippen LogP contribution is 2.36. The number of Topliss-reactive ketones (excluding diaryl/α,β-unsaturated/α-hetero) is 1. The summed E-state index contributed by atoms with van der Waals surface area (Å²) in [5.74, 6) is -1.75. The van der Waals surface area contributed by atoms with Crippen LogP contribution >= 0.6 is 0 Å². The topological polar surface area (TPSA) is 107 Å². The number of likely N-dealkylation sites (tertiary alicyclic amines) is 2. The number of nitro benzene ring substituents is 1. The van der Waals surface area contributed by atoms with Gasteiger partial charge in [-0.2, -0.15) is 0 Å². The van der Waals surface area contributed by atoms with Crippen molar-refractivity contribution < 1.29 is 19.9 Å². The number of phenols is 2. The molecule has 8 heteroatoms. The van der Waals surface area contributed by atoms with Crippen molar-refractivity contribution in [2.45, 2.75) is 38.1 Å². The first-order valence-electron chi connectivity index (χ1n) is 9.15. The number of phenolic OH excluding ortho intramolecular Hbond substituents is 2. The number of hydrogen-bond acceptors (Lipinski definition) is 7. The van der Waals surface area contributed by atoms with Gasteiger partial charge in [0.15, 0.2) is 11.5 Å². The van der Waals surface area contributed by atoms with Crippen LogP contribution in [0.2, 0.25) is 0 Å². The van der Waals surface area contributed by atoms with Crippen LogP contribution in [0.25, 0.3) is 0 Å². The number of aromatic hydroxyl groups is 2. The highest BCUT2D eigenvalue weighted by molar-refractivity contribution is 5.99. The Kier molecular flexibility index (Phi) is 5.73. The van der Waals surface area contributed by atoms with Crippen molar-refractivity contribution in [2.75, 3.05) is 32.7 Å². The quantitative estimate of drug-likeness (QED) is 0.357. The summed E-state index contributed by atoms with van der Waals surface area (Å²) >= 11 is 0. The summed E-state index contributed by atoms with van der Waals surface area (Å²) in [4.78, 5) is 27.2. The van der Waals surface area contributed by atoms with E-state index in [2.05, 4.69) is 9.80 Å². The number of carbonyl (C=O) groups excluding carboxylic acids is 1. The minimum atomic E-state index is -0.811. The van der Waals surface area contributed by atoms with Gasteiger partial charge in [0.2, 0.25) is 5.75 Å². The molecule has 0 amide bonds. The van der Waals surface area contributed by atoms with E-state index in [0.717, 1.165) is 38.1 Å². The van der Waals surface area contributed by atoms with E-state index in [1.165, 1.54) is 32.4 Å². The smallest absolute Gasteiger partial charge is 0.315 e. The zero-order valence-corrected chi connectivity index (χ0v) is 14.8. The molecule has 1 aromatic rings. The average molecular weight is 363 g/mol. The Balaban J connectivity index is 1.58. The van der Waals surface area contributed by atoms with Crippen molar-refractivity contribution in [3.63, 3.8) is 0 Å². The number of piperidine rings is 2. The van der Waals surface area contributed by atoms with Gasteiger partial charge in [-0.3, -0.25) is 19.8 Å². The number of carbonyl (C=O) groups is 1. The SMILES string of the molecule is O=C(CN1CCC(N2CCCCC2)CC1)c1cc(O)c(O)c([N+](=O)[O-])c1. The van der Waals surface area contributed by atoms with E-state index in [0.29, 0.717) is 6.04 Å². The van der Waals surface area contributed by atoms with E-state index in [1.807, 2.05) is 0 Å². The van der Waals surface area contributed by atoms with E-state index in [1.54, 1.807) is 0 Å². The minimum Gasteiger partial charge on any atom is -0.504 e. The van der Waals surface area contributed by atoms with Crippen LogP contribution in [0.15, 0.2) is 12.1 Å². The Labute approximate surface area is 152 Å². The molecule has 0 atom stereocenters. The van der Waals surface area contributed by atoms with Gasteiger partial charge in [0.1, 0.15) is 0 Å². The van der Waals surface area contributed by atoms with Gasteiger partial charge in [-0.15, -0.1) is 0 Å². The number of benzene rings is 1. The van der Waals surface area contributed by atoms with Crippen LogP contribution in [0.3, 0.4) is 0 Å². The molecule has 0 unspecified atom stereocenters. The molecule has 2 heterocycles. The summed E-state index contributed by atoms with van der Waals surface area (Å²) in [7, 11) is 0. The van der Waals surface area contributed by atoms with Gasteiger partial charge in [0.25, 0.3) is 0 Å². The summed E-state index contributed by atoms with van der Waals surface area (Å²) in [6.07, 6.45) is 5.89. The van der Waals surface area contributed by atoms with Gasteiger partial charge in [-0.25, -0.2) is 0 Å². The van der Waals surface area contributed by atoms with Crippen LogP contribution in [-0.4, -0.2) is 69.5 Å². The van der Waals surface area contributed by atoms with Crippen molar-refractivity contribution in [1.29, 1.82) is 0 Å². The van der Waals surface area contributed by atoms with Crippen LogP contribution in [0.1, 0.15) is 42.5 Å². The van der Waals surface area contributed by atoms with Crippen molar-refractivity contribution in [3.8, 4) is 11.5 Å². The molecule has 1 aromatic carbocycles. The molecule has 0 radical (unpaired) electrons. The number of nitrogens with zero attached hydrogens (tertiary/aromatic N) is 3. The Bertz CT molecular complexity index is 680. The van der Waals surface area contributed by atoms with Gasteiger partial charge < -0.3 is 15.1 Å². The highest BCUT2D eigenvalue weighted by Gasteiger charge is 2.27. The molecule has 0 aliphatic carbocycles. The monoisotopic (exact) mass is 363 g/mol. The maximum absolute atomic E-state index is 12.5. The first-order chi connectivity index (χ1) is 12.5. The Hall–Kier alpha value is -2.19. The van der Waals surface area contributed by atoms with Crippen molar-refractivity contribution in [1.82, 2.24) is 9.80 Å². The third-order valence-electron chi connectivity index (χ3n) is 5.42. The first kappa shape index (κ1) is 18.6. The molecule has 2 aliphatic rings. The fourth-order valence-electron chi connectivity index (χ4n) is 3.92. The van der Waals surface area contributed by atoms with Crippen molar-refractivity contribution in [2.24, 2.45) is 0 Å². The molecule has 2 N–H and O–H groups in total. The number of rotatable bonds is 5. The standard InChI is InChI=1S/C18H25N3O5/c22-16-11-13(10-15(18(16)24)21(25)26)17(23)12-19-8-4-14(5-9-19)20-6-2-1-3-7-20/h10-11,14,22,24H,1-9,12H2. The van der Waals surface area contributed by atoms with E-state index in [9.17, 15) is 25.1 Å². The molecule has 8 nitrogen and oxygen atoms in total. The second-order valence-corrected chi connectivity index (χ2v) is 7.15. The molecule has 0 saturated carbocycles. The van der Waals surface area contributed by atoms with E-state index >= 15 is 0 Å². The summed E-state index contributed by atoms with van der Waals surface area (Å²) in [5.41, 5.74) is -0.609. The van der Waals surface area contributed by atoms with Gasteiger partial charge in [-0.1, -0.05) is 6.42 Å². The van der Waals surface area contributed by atoms with Crippen molar-refractivity contribution in [3.05, 3.63) is 27.8 Å². The fourth-order valence-corrected chi connectivity index (χ4v) is 3.92. The van der Waals surface area contributed by atoms with Crippen LogP contribution in [0, 0.1) is 10.1 Å². The maximum Gasteiger partial charge on any atom is 0.315 e. The normalized spacial score (nSPS) is 20.2. The minimum absolute atomic E-state index is 0.0464. The second kappa shape index (κ2) is 8.01. The van der Waals surface area contributed by atoms with Crippen LogP contribution in [0.4, 0.5) is 5.69 Å². The van der Waals surface area contributed by atoms with Crippen molar-refractivity contribution >= 4 is 11.5 Å². The first-order valence-corrected chi connectivity index (χ1v) is 9.15. The lowest BCUT2D eigenvalue weighted by Gasteiger charge is -2.40. The number of ketones is 1. The molecule has 26 heavy (non-hydrogen) atoms. The Morgan fingerprint density at radius 1 is 1.12 bits per heavy atom. The van der Waals surface area contributed by atoms with Gasteiger partial charge >= 0.3 is 5.69 Å². The molecule has 0 aromatic heterocycles. The molecule has 2 fully saturated rings. The number of hydrogen-bond donors (Lipinski definition) is 2. The van der Waals surface area contributed by atoms with E-state index in [4.69, 9.17) is 0 Å². The highest BCUT2D eigenvalue weighted by atomic mass is 16.6. The predicted octanol–water partition coefficient (Wildman–Crippen LogP) is 2.14. The molecular weight excluding hydrogens is 338 g/mol. The third-order valence-corrected chi connectivity index (χ3v) is 5.42. The lowest BCUT2D eigenvalue weighted by Crippen LogP contribution is -2.47. The summed E-state index contributed by atoms with van der Waals surface area (Å²) in [6.45, 7) is 4.13. The molecule has 2 aliphatic heterocycles. The predicted molar refractivity (Wildman–Crippen MR) is 95.6 cm³/mol. The summed E-state index contributed by atoms with van der Waals surface area (Å²) < 4.78 is 0. The number of nitro groups is 1. The lowest BCUT2D eigenvalue weighted by molar-refractivity contribution is -0.386.